The third-order valence-electron chi connectivity index (χ3n) is 2.92. The van der Waals surface area contributed by atoms with E-state index in [1.54, 1.807) is 24.3 Å². The fraction of sp³-hybridized carbons (Fsp3) is 0.133. The highest BCUT2D eigenvalue weighted by molar-refractivity contribution is 7.90. The average Bonchev–Trinajstić information content (AvgIpc) is 2.41. The third-order valence-corrected chi connectivity index (χ3v) is 4.97. The molecule has 0 radical (unpaired) electrons. The molecule has 0 aliphatic heterocycles. The summed E-state index contributed by atoms with van der Waals surface area (Å²) >= 11 is 5.98. The molecule has 5 heteroatoms. The zero-order chi connectivity index (χ0) is 14.8. The minimum atomic E-state index is -3.47. The van der Waals surface area contributed by atoms with Gasteiger partial charge in [0.05, 0.1) is 10.6 Å². The van der Waals surface area contributed by atoms with Gasteiger partial charge < -0.3 is 0 Å². The van der Waals surface area contributed by atoms with Gasteiger partial charge in [0.15, 0.2) is 15.6 Å². The van der Waals surface area contributed by atoms with E-state index in [1.807, 2.05) is 0 Å². The van der Waals surface area contributed by atoms with Crippen LogP contribution in [0.5, 0.6) is 0 Å². The number of rotatable bonds is 4. The predicted molar refractivity (Wildman–Crippen MR) is 78.8 cm³/mol. The molecule has 0 atom stereocenters. The number of halogens is 1. The zero-order valence-electron chi connectivity index (χ0n) is 10.8. The van der Waals surface area contributed by atoms with Crippen molar-refractivity contribution < 1.29 is 13.2 Å². The molecule has 0 unspecified atom stereocenters. The van der Waals surface area contributed by atoms with Crippen molar-refractivity contribution in [3.63, 3.8) is 0 Å². The Labute approximate surface area is 123 Å². The largest absolute Gasteiger partial charge is 0.295 e. The van der Waals surface area contributed by atoms with Gasteiger partial charge >= 0.3 is 0 Å². The van der Waals surface area contributed by atoms with Crippen LogP contribution < -0.4 is 0 Å². The van der Waals surface area contributed by atoms with Crippen molar-refractivity contribution in [2.75, 3.05) is 0 Å². The molecule has 0 saturated carbocycles. The van der Waals surface area contributed by atoms with Gasteiger partial charge in [-0.3, -0.25) is 4.79 Å². The van der Waals surface area contributed by atoms with Crippen LogP contribution in [0.4, 0.5) is 0 Å². The summed E-state index contributed by atoms with van der Waals surface area (Å²) in [5, 5.41) is 0.427. The minimum Gasteiger partial charge on any atom is -0.295 e. The van der Waals surface area contributed by atoms with Crippen molar-refractivity contribution in [1.29, 1.82) is 0 Å². The van der Waals surface area contributed by atoms with E-state index in [2.05, 4.69) is 0 Å². The van der Waals surface area contributed by atoms with E-state index in [0.29, 0.717) is 16.1 Å². The molecule has 0 bridgehead atoms. The lowest BCUT2D eigenvalue weighted by atomic mass is 10.2. The summed E-state index contributed by atoms with van der Waals surface area (Å²) in [6, 6.07) is 12.8. The van der Waals surface area contributed by atoms with Crippen LogP contribution in [0.3, 0.4) is 0 Å². The molecule has 0 aromatic heterocycles. The van der Waals surface area contributed by atoms with Crippen molar-refractivity contribution in [2.45, 2.75) is 17.6 Å². The molecule has 2 aromatic carbocycles. The molecular formula is C15H13ClO3S. The molecule has 2 aromatic rings. The van der Waals surface area contributed by atoms with Gasteiger partial charge in [0.2, 0.25) is 0 Å². The first-order chi connectivity index (χ1) is 9.40. The number of carbonyl (C=O) groups is 1. The molecule has 0 heterocycles. The quantitative estimate of drug-likeness (QED) is 0.812. The van der Waals surface area contributed by atoms with Gasteiger partial charge in [-0.1, -0.05) is 41.9 Å². The molecule has 20 heavy (non-hydrogen) atoms. The fourth-order valence-corrected chi connectivity index (χ4v) is 3.46. The molecule has 0 amide bonds. The van der Waals surface area contributed by atoms with Crippen LogP contribution in [0.25, 0.3) is 0 Å². The summed E-state index contributed by atoms with van der Waals surface area (Å²) in [5.41, 5.74) is 1.05. The molecule has 0 saturated heterocycles. The predicted octanol–water partition coefficient (Wildman–Crippen LogP) is 3.52. The van der Waals surface area contributed by atoms with Gasteiger partial charge in [0.25, 0.3) is 0 Å². The highest BCUT2D eigenvalue weighted by Gasteiger charge is 2.17. The maximum absolute atomic E-state index is 12.3. The molecular weight excluding hydrogens is 296 g/mol. The van der Waals surface area contributed by atoms with Crippen LogP contribution >= 0.6 is 11.6 Å². The molecule has 0 aliphatic rings. The summed E-state index contributed by atoms with van der Waals surface area (Å²) in [5.74, 6) is -0.258. The molecule has 0 fully saturated rings. The number of benzene rings is 2. The Morgan fingerprint density at radius 2 is 1.65 bits per heavy atom. The van der Waals surface area contributed by atoms with Crippen molar-refractivity contribution in [3.05, 3.63) is 64.7 Å². The first-order valence-corrected chi connectivity index (χ1v) is 8.00. The monoisotopic (exact) mass is 308 g/mol. The molecule has 2 rings (SSSR count). The SMILES string of the molecule is CC(=O)c1ccc(S(=O)(=O)Cc2ccccc2Cl)cc1. The molecule has 0 aliphatic carbocycles. The van der Waals surface area contributed by atoms with Crippen LogP contribution in [0.2, 0.25) is 5.02 Å². The summed E-state index contributed by atoms with van der Waals surface area (Å²) in [4.78, 5) is 11.4. The topological polar surface area (TPSA) is 51.2 Å². The van der Waals surface area contributed by atoms with Gasteiger partial charge in [-0.05, 0) is 30.7 Å². The van der Waals surface area contributed by atoms with Crippen molar-refractivity contribution in [2.24, 2.45) is 0 Å². The van der Waals surface area contributed by atoms with Gasteiger partial charge in [0, 0.05) is 10.6 Å². The van der Waals surface area contributed by atoms with Crippen molar-refractivity contribution >= 4 is 27.2 Å². The summed E-state index contributed by atoms with van der Waals surface area (Å²) in [6.07, 6.45) is 0. The summed E-state index contributed by atoms with van der Waals surface area (Å²) < 4.78 is 24.6. The van der Waals surface area contributed by atoms with Gasteiger partial charge in [-0.15, -0.1) is 0 Å². The number of hydrogen-bond donors (Lipinski definition) is 0. The van der Waals surface area contributed by atoms with Crippen LogP contribution in [-0.4, -0.2) is 14.2 Å². The van der Waals surface area contributed by atoms with Crippen LogP contribution in [-0.2, 0) is 15.6 Å². The van der Waals surface area contributed by atoms with E-state index in [-0.39, 0.29) is 16.4 Å². The Hall–Kier alpha value is -1.65. The Balaban J connectivity index is 2.31. The molecule has 104 valence electrons. The maximum Gasteiger partial charge on any atom is 0.182 e. The van der Waals surface area contributed by atoms with Crippen LogP contribution in [0.1, 0.15) is 22.8 Å². The van der Waals surface area contributed by atoms with Gasteiger partial charge in [0.1, 0.15) is 0 Å². The zero-order valence-corrected chi connectivity index (χ0v) is 12.4. The maximum atomic E-state index is 12.3. The van der Waals surface area contributed by atoms with E-state index >= 15 is 0 Å². The molecule has 0 N–H and O–H groups in total. The Bertz CT molecular complexity index is 734. The van der Waals surface area contributed by atoms with Crippen molar-refractivity contribution in [3.8, 4) is 0 Å². The normalized spacial score (nSPS) is 11.3. The Kier molecular flexibility index (Phi) is 4.26. The lowest BCUT2D eigenvalue weighted by Gasteiger charge is -2.07. The van der Waals surface area contributed by atoms with E-state index < -0.39 is 9.84 Å². The number of ketones is 1. The lowest BCUT2D eigenvalue weighted by Crippen LogP contribution is -2.06. The van der Waals surface area contributed by atoms with E-state index in [1.165, 1.54) is 31.2 Å². The first kappa shape index (κ1) is 14.8. The first-order valence-electron chi connectivity index (χ1n) is 5.97. The van der Waals surface area contributed by atoms with E-state index in [0.717, 1.165) is 0 Å². The average molecular weight is 309 g/mol. The fourth-order valence-electron chi connectivity index (χ4n) is 1.80. The number of hydrogen-bond acceptors (Lipinski definition) is 3. The number of sulfone groups is 1. The second kappa shape index (κ2) is 5.77. The van der Waals surface area contributed by atoms with Crippen LogP contribution in [0.15, 0.2) is 53.4 Å². The Morgan fingerprint density at radius 3 is 2.20 bits per heavy atom. The number of Topliss-reactive ketones (excluding diaryl/α,β-unsaturated/α-hetero) is 1. The second-order valence-electron chi connectivity index (χ2n) is 4.43. The summed E-state index contributed by atoms with van der Waals surface area (Å²) in [6.45, 7) is 1.44. The molecule has 0 spiro atoms. The van der Waals surface area contributed by atoms with E-state index in [9.17, 15) is 13.2 Å². The number of carbonyl (C=O) groups excluding carboxylic acids is 1. The van der Waals surface area contributed by atoms with E-state index in [4.69, 9.17) is 11.6 Å². The van der Waals surface area contributed by atoms with Gasteiger partial charge in [-0.25, -0.2) is 8.42 Å². The van der Waals surface area contributed by atoms with Crippen LogP contribution in [0, 0.1) is 0 Å². The second-order valence-corrected chi connectivity index (χ2v) is 6.83. The van der Waals surface area contributed by atoms with Gasteiger partial charge in [-0.2, -0.15) is 0 Å². The highest BCUT2D eigenvalue weighted by Crippen LogP contribution is 2.22. The standard InChI is InChI=1S/C15H13ClO3S/c1-11(17)12-6-8-14(9-7-12)20(18,19)10-13-4-2-3-5-15(13)16/h2-9H,10H2,1H3. The molecule has 3 nitrogen and oxygen atoms in total. The smallest absolute Gasteiger partial charge is 0.182 e. The highest BCUT2D eigenvalue weighted by atomic mass is 35.5. The summed E-state index contributed by atoms with van der Waals surface area (Å²) in [7, 11) is -3.47. The minimum absolute atomic E-state index is 0.0972. The lowest BCUT2D eigenvalue weighted by molar-refractivity contribution is 0.101. The Morgan fingerprint density at radius 1 is 1.05 bits per heavy atom. The third kappa shape index (κ3) is 3.26. The van der Waals surface area contributed by atoms with Crippen molar-refractivity contribution in [1.82, 2.24) is 0 Å².